The molecule has 2 N–H and O–H groups in total. The van der Waals surface area contributed by atoms with Crippen molar-refractivity contribution in [3.8, 4) is 11.5 Å². The molecule has 0 saturated carbocycles. The minimum atomic E-state index is 0.0606. The van der Waals surface area contributed by atoms with Crippen molar-refractivity contribution in [2.75, 3.05) is 6.79 Å². The maximum Gasteiger partial charge on any atom is 0.231 e. The van der Waals surface area contributed by atoms with Crippen LogP contribution in [0.25, 0.3) is 0 Å². The van der Waals surface area contributed by atoms with Crippen molar-refractivity contribution in [1.29, 1.82) is 0 Å². The van der Waals surface area contributed by atoms with Crippen LogP contribution in [0.5, 0.6) is 11.5 Å². The summed E-state index contributed by atoms with van der Waals surface area (Å²) >= 11 is 3.54. The van der Waals surface area contributed by atoms with E-state index in [1.165, 1.54) is 19.3 Å². The molecule has 94 valence electrons. The molecule has 1 aromatic rings. The number of hydrogen-bond donors (Lipinski definition) is 1. The van der Waals surface area contributed by atoms with Crippen molar-refractivity contribution in [2.45, 2.75) is 38.6 Å². The highest BCUT2D eigenvalue weighted by atomic mass is 79.9. The van der Waals surface area contributed by atoms with Crippen molar-refractivity contribution in [3.63, 3.8) is 0 Å². The molecule has 1 atom stereocenters. The molecular weight excluding hydrogens is 282 g/mol. The minimum Gasteiger partial charge on any atom is -0.454 e. The zero-order chi connectivity index (χ0) is 12.3. The molecule has 2 rings (SSSR count). The lowest BCUT2D eigenvalue weighted by atomic mass is 10.0. The van der Waals surface area contributed by atoms with Gasteiger partial charge in [-0.05, 0) is 24.1 Å². The summed E-state index contributed by atoms with van der Waals surface area (Å²) in [4.78, 5) is 0. The van der Waals surface area contributed by atoms with Crippen LogP contribution < -0.4 is 15.2 Å². The second-order valence-corrected chi connectivity index (χ2v) is 5.18. The number of benzene rings is 1. The van der Waals surface area contributed by atoms with Crippen LogP contribution in [-0.4, -0.2) is 6.79 Å². The van der Waals surface area contributed by atoms with E-state index in [1.807, 2.05) is 12.1 Å². The summed E-state index contributed by atoms with van der Waals surface area (Å²) in [6, 6.07) is 3.99. The van der Waals surface area contributed by atoms with E-state index in [4.69, 9.17) is 15.2 Å². The first-order valence-electron chi connectivity index (χ1n) is 6.07. The largest absolute Gasteiger partial charge is 0.454 e. The van der Waals surface area contributed by atoms with Crippen molar-refractivity contribution in [2.24, 2.45) is 5.73 Å². The molecule has 1 aliphatic rings. The fourth-order valence-electron chi connectivity index (χ4n) is 1.99. The fourth-order valence-corrected chi connectivity index (χ4v) is 2.60. The van der Waals surface area contributed by atoms with Crippen LogP contribution in [0.2, 0.25) is 0 Å². The van der Waals surface area contributed by atoms with Crippen LogP contribution >= 0.6 is 15.9 Å². The molecule has 1 aliphatic heterocycles. The van der Waals surface area contributed by atoms with E-state index in [-0.39, 0.29) is 6.04 Å². The second kappa shape index (κ2) is 5.74. The van der Waals surface area contributed by atoms with E-state index in [1.54, 1.807) is 0 Å². The molecule has 0 aromatic heterocycles. The highest BCUT2D eigenvalue weighted by Gasteiger charge is 2.19. The number of rotatable bonds is 5. The van der Waals surface area contributed by atoms with E-state index in [0.717, 1.165) is 28.0 Å². The molecule has 17 heavy (non-hydrogen) atoms. The Hall–Kier alpha value is -0.740. The van der Waals surface area contributed by atoms with E-state index >= 15 is 0 Å². The van der Waals surface area contributed by atoms with Gasteiger partial charge in [-0.15, -0.1) is 0 Å². The van der Waals surface area contributed by atoms with Gasteiger partial charge in [0.25, 0.3) is 0 Å². The summed E-state index contributed by atoms with van der Waals surface area (Å²) in [5.74, 6) is 1.59. The standard InChI is InChI=1S/C13H18BrNO2/c1-2-3-4-5-11(15)9-6-12-13(7-10(9)14)17-8-16-12/h6-7,11H,2-5,8,15H2,1H3/t11-/m0/s1. The fraction of sp³-hybridized carbons (Fsp3) is 0.538. The molecule has 0 amide bonds. The zero-order valence-electron chi connectivity index (χ0n) is 10.0. The third-order valence-electron chi connectivity index (χ3n) is 3.01. The van der Waals surface area contributed by atoms with Crippen LogP contribution in [0.1, 0.15) is 44.2 Å². The monoisotopic (exact) mass is 299 g/mol. The van der Waals surface area contributed by atoms with E-state index < -0.39 is 0 Å². The topological polar surface area (TPSA) is 44.5 Å². The Morgan fingerprint density at radius 1 is 1.29 bits per heavy atom. The van der Waals surface area contributed by atoms with Gasteiger partial charge in [0.15, 0.2) is 11.5 Å². The first-order valence-corrected chi connectivity index (χ1v) is 6.86. The number of fused-ring (bicyclic) bond motifs is 1. The van der Waals surface area contributed by atoms with Gasteiger partial charge in [-0.1, -0.05) is 42.1 Å². The molecule has 0 fully saturated rings. The minimum absolute atomic E-state index is 0.0606. The molecule has 4 heteroatoms. The molecule has 0 radical (unpaired) electrons. The van der Waals surface area contributed by atoms with Crippen LogP contribution in [0.4, 0.5) is 0 Å². The summed E-state index contributed by atoms with van der Waals surface area (Å²) in [7, 11) is 0. The van der Waals surface area contributed by atoms with Gasteiger partial charge in [0.2, 0.25) is 6.79 Å². The van der Waals surface area contributed by atoms with Gasteiger partial charge >= 0.3 is 0 Å². The maximum absolute atomic E-state index is 6.20. The lowest BCUT2D eigenvalue weighted by Crippen LogP contribution is -2.10. The summed E-state index contributed by atoms with van der Waals surface area (Å²) in [5, 5.41) is 0. The predicted octanol–water partition coefficient (Wildman–Crippen LogP) is 3.76. The van der Waals surface area contributed by atoms with Gasteiger partial charge in [0, 0.05) is 10.5 Å². The van der Waals surface area contributed by atoms with E-state index in [0.29, 0.717) is 6.79 Å². The summed E-state index contributed by atoms with van der Waals surface area (Å²) < 4.78 is 11.7. The normalized spacial score (nSPS) is 15.0. The third kappa shape index (κ3) is 2.93. The van der Waals surface area contributed by atoms with Gasteiger partial charge in [-0.3, -0.25) is 0 Å². The molecule has 1 aromatic carbocycles. The first kappa shape index (κ1) is 12.7. The van der Waals surface area contributed by atoms with Crippen molar-refractivity contribution < 1.29 is 9.47 Å². The van der Waals surface area contributed by atoms with Crippen LogP contribution in [0, 0.1) is 0 Å². The highest BCUT2D eigenvalue weighted by molar-refractivity contribution is 9.10. The van der Waals surface area contributed by atoms with E-state index in [2.05, 4.69) is 22.9 Å². The molecule has 0 unspecified atom stereocenters. The number of nitrogens with two attached hydrogens (primary N) is 1. The number of ether oxygens (including phenoxy) is 2. The Morgan fingerprint density at radius 2 is 2.00 bits per heavy atom. The molecule has 3 nitrogen and oxygen atoms in total. The average molecular weight is 300 g/mol. The third-order valence-corrected chi connectivity index (χ3v) is 3.70. The molecule has 0 saturated heterocycles. The van der Waals surface area contributed by atoms with Crippen molar-refractivity contribution in [3.05, 3.63) is 22.2 Å². The summed E-state index contributed by atoms with van der Waals surface area (Å²) in [6.45, 7) is 2.50. The van der Waals surface area contributed by atoms with Crippen LogP contribution in [0.3, 0.4) is 0 Å². The molecule has 0 spiro atoms. The Bertz CT molecular complexity index is 395. The number of unbranched alkanes of at least 4 members (excludes halogenated alkanes) is 2. The smallest absolute Gasteiger partial charge is 0.231 e. The van der Waals surface area contributed by atoms with Gasteiger partial charge in [-0.25, -0.2) is 0 Å². The average Bonchev–Trinajstić information content (AvgIpc) is 2.75. The van der Waals surface area contributed by atoms with Crippen molar-refractivity contribution >= 4 is 15.9 Å². The second-order valence-electron chi connectivity index (χ2n) is 4.33. The Morgan fingerprint density at radius 3 is 2.71 bits per heavy atom. The first-order chi connectivity index (χ1) is 8.22. The van der Waals surface area contributed by atoms with Gasteiger partial charge in [-0.2, -0.15) is 0 Å². The quantitative estimate of drug-likeness (QED) is 0.842. The van der Waals surface area contributed by atoms with Crippen molar-refractivity contribution in [1.82, 2.24) is 0 Å². The lowest BCUT2D eigenvalue weighted by Gasteiger charge is -2.14. The molecule has 0 bridgehead atoms. The Balaban J connectivity index is 2.09. The summed E-state index contributed by atoms with van der Waals surface area (Å²) in [5.41, 5.74) is 7.31. The number of halogens is 1. The summed E-state index contributed by atoms with van der Waals surface area (Å²) in [6.07, 6.45) is 4.62. The van der Waals surface area contributed by atoms with E-state index in [9.17, 15) is 0 Å². The highest BCUT2D eigenvalue weighted by Crippen LogP contribution is 2.39. The SMILES string of the molecule is CCCCC[C@H](N)c1cc2c(cc1Br)OCO2. The molecule has 0 aliphatic carbocycles. The Labute approximate surface area is 110 Å². The van der Waals surface area contributed by atoms with Crippen LogP contribution in [0.15, 0.2) is 16.6 Å². The van der Waals surface area contributed by atoms with Gasteiger partial charge in [0.05, 0.1) is 0 Å². The van der Waals surface area contributed by atoms with Crippen LogP contribution in [-0.2, 0) is 0 Å². The zero-order valence-corrected chi connectivity index (χ0v) is 11.6. The van der Waals surface area contributed by atoms with Gasteiger partial charge in [0.1, 0.15) is 0 Å². The number of hydrogen-bond acceptors (Lipinski definition) is 3. The van der Waals surface area contributed by atoms with Gasteiger partial charge < -0.3 is 15.2 Å². The Kier molecular flexibility index (Phi) is 4.29. The molecule has 1 heterocycles. The molecular formula is C13H18BrNO2. The lowest BCUT2D eigenvalue weighted by molar-refractivity contribution is 0.174. The predicted molar refractivity (Wildman–Crippen MR) is 71.3 cm³/mol. The maximum atomic E-state index is 6.20.